The predicted octanol–water partition coefficient (Wildman–Crippen LogP) is -1.04. The molecule has 0 radical (unpaired) electrons. The van der Waals surface area contributed by atoms with Gasteiger partial charge in [-0.3, -0.25) is 19.2 Å². The first kappa shape index (κ1) is 30.1. The van der Waals surface area contributed by atoms with Gasteiger partial charge in [-0.2, -0.15) is 24.4 Å². The van der Waals surface area contributed by atoms with E-state index in [1.807, 2.05) is 0 Å². The zero-order valence-corrected chi connectivity index (χ0v) is 20.7. The zero-order chi connectivity index (χ0) is 26.5. The van der Waals surface area contributed by atoms with Gasteiger partial charge in [-0.05, 0) is 36.1 Å². The van der Waals surface area contributed by atoms with Gasteiger partial charge in [-0.15, -0.1) is 0 Å². The Morgan fingerprint density at radius 2 is 1.49 bits per heavy atom. The highest BCUT2D eigenvalue weighted by Gasteiger charge is 2.31. The minimum Gasteiger partial charge on any atom is -0.508 e. The molecule has 0 heterocycles. The lowest BCUT2D eigenvalue weighted by Gasteiger charge is -2.24. The fourth-order valence-electron chi connectivity index (χ4n) is 2.86. The van der Waals surface area contributed by atoms with E-state index in [-0.39, 0.29) is 24.3 Å². The van der Waals surface area contributed by atoms with Crippen molar-refractivity contribution in [1.29, 1.82) is 0 Å². The van der Waals surface area contributed by atoms with E-state index in [0.29, 0.717) is 11.3 Å². The van der Waals surface area contributed by atoms with Crippen molar-refractivity contribution in [2.45, 2.75) is 43.4 Å². The first-order valence-electron chi connectivity index (χ1n) is 10.5. The number of amides is 3. The summed E-state index contributed by atoms with van der Waals surface area (Å²) in [6, 6.07) is 0.685. The molecule has 0 saturated carbocycles. The SMILES string of the molecule is CSCCC(NC(=O)C(CC(=O)O)NC(=O)C(N)CS)C(=O)NC(Cc1ccc(O)cc1)C(=O)O. The lowest BCUT2D eigenvalue weighted by Crippen LogP contribution is -2.58. The molecule has 0 aliphatic rings. The van der Waals surface area contributed by atoms with Crippen LogP contribution < -0.4 is 21.7 Å². The summed E-state index contributed by atoms with van der Waals surface area (Å²) in [6.07, 6.45) is 1.05. The molecule has 0 aliphatic heterocycles. The molecule has 0 aliphatic carbocycles. The van der Waals surface area contributed by atoms with Gasteiger partial charge in [0.2, 0.25) is 17.7 Å². The van der Waals surface area contributed by atoms with Crippen molar-refractivity contribution in [1.82, 2.24) is 16.0 Å². The number of aromatic hydroxyl groups is 1. The second-order valence-corrected chi connectivity index (χ2v) is 8.91. The molecule has 194 valence electrons. The molecule has 1 rings (SSSR count). The van der Waals surface area contributed by atoms with Gasteiger partial charge < -0.3 is 37.0 Å². The quantitative estimate of drug-likeness (QED) is 0.129. The molecule has 0 bridgehead atoms. The first-order chi connectivity index (χ1) is 16.5. The molecule has 0 aromatic heterocycles. The Labute approximate surface area is 211 Å². The average molecular weight is 531 g/mol. The molecular formula is C21H30N4O8S2. The van der Waals surface area contributed by atoms with Crippen LogP contribution in [0.1, 0.15) is 18.4 Å². The minimum absolute atomic E-state index is 0.00262. The van der Waals surface area contributed by atoms with E-state index in [4.69, 9.17) is 10.8 Å². The fraction of sp³-hybridized carbons (Fsp3) is 0.476. The van der Waals surface area contributed by atoms with Crippen LogP contribution in [-0.2, 0) is 30.4 Å². The largest absolute Gasteiger partial charge is 0.508 e. The van der Waals surface area contributed by atoms with Crippen LogP contribution in [0, 0.1) is 0 Å². The second kappa shape index (κ2) is 15.1. The number of nitrogens with one attached hydrogen (secondary N) is 3. The number of carbonyl (C=O) groups excluding carboxylic acids is 3. The molecule has 14 heteroatoms. The zero-order valence-electron chi connectivity index (χ0n) is 19.0. The third-order valence-electron chi connectivity index (χ3n) is 4.78. The number of carbonyl (C=O) groups is 5. The Kier molecular flexibility index (Phi) is 13.0. The number of thiol groups is 1. The number of rotatable bonds is 15. The smallest absolute Gasteiger partial charge is 0.326 e. The molecule has 0 saturated heterocycles. The summed E-state index contributed by atoms with van der Waals surface area (Å²) in [4.78, 5) is 60.6. The number of phenolic OH excluding ortho intramolecular Hbond substituents is 1. The molecule has 8 N–H and O–H groups in total. The maximum atomic E-state index is 12.9. The van der Waals surface area contributed by atoms with E-state index in [9.17, 15) is 34.2 Å². The van der Waals surface area contributed by atoms with E-state index in [1.54, 1.807) is 6.26 Å². The summed E-state index contributed by atoms with van der Waals surface area (Å²) in [6.45, 7) is 0. The minimum atomic E-state index is -1.51. The summed E-state index contributed by atoms with van der Waals surface area (Å²) >= 11 is 5.27. The Hall–Kier alpha value is -2.97. The van der Waals surface area contributed by atoms with Crippen molar-refractivity contribution >= 4 is 54.1 Å². The average Bonchev–Trinajstić information content (AvgIpc) is 2.80. The van der Waals surface area contributed by atoms with Gasteiger partial charge in [-0.1, -0.05) is 12.1 Å². The highest BCUT2D eigenvalue weighted by atomic mass is 32.2. The van der Waals surface area contributed by atoms with Gasteiger partial charge in [0, 0.05) is 12.2 Å². The summed E-state index contributed by atoms with van der Waals surface area (Å²) < 4.78 is 0. The van der Waals surface area contributed by atoms with Crippen LogP contribution in [0.4, 0.5) is 0 Å². The van der Waals surface area contributed by atoms with E-state index in [2.05, 4.69) is 28.6 Å². The Morgan fingerprint density at radius 3 is 2.00 bits per heavy atom. The maximum Gasteiger partial charge on any atom is 0.326 e. The van der Waals surface area contributed by atoms with E-state index in [1.165, 1.54) is 36.0 Å². The molecule has 35 heavy (non-hydrogen) atoms. The number of nitrogens with two attached hydrogens (primary N) is 1. The molecule has 3 amide bonds. The van der Waals surface area contributed by atoms with E-state index >= 15 is 0 Å². The van der Waals surface area contributed by atoms with E-state index in [0.717, 1.165) is 0 Å². The Balaban J connectivity index is 2.99. The molecular weight excluding hydrogens is 500 g/mol. The lowest BCUT2D eigenvalue weighted by molar-refractivity contribution is -0.143. The number of aliphatic carboxylic acids is 2. The summed E-state index contributed by atoms with van der Waals surface area (Å²) in [5.74, 6) is -4.79. The van der Waals surface area contributed by atoms with Crippen LogP contribution in [-0.4, -0.2) is 86.9 Å². The molecule has 4 unspecified atom stereocenters. The van der Waals surface area contributed by atoms with Gasteiger partial charge in [0.05, 0.1) is 12.5 Å². The van der Waals surface area contributed by atoms with Crippen LogP contribution in [0.3, 0.4) is 0 Å². The van der Waals surface area contributed by atoms with Gasteiger partial charge in [0.15, 0.2) is 0 Å². The van der Waals surface area contributed by atoms with Gasteiger partial charge in [0.1, 0.15) is 23.9 Å². The third kappa shape index (κ3) is 10.9. The van der Waals surface area contributed by atoms with E-state index < -0.39 is 60.2 Å². The van der Waals surface area contributed by atoms with Gasteiger partial charge in [-0.25, -0.2) is 4.79 Å². The second-order valence-electron chi connectivity index (χ2n) is 7.56. The highest BCUT2D eigenvalue weighted by molar-refractivity contribution is 7.98. The summed E-state index contributed by atoms with van der Waals surface area (Å²) in [5.41, 5.74) is 6.11. The summed E-state index contributed by atoms with van der Waals surface area (Å²) in [5, 5.41) is 35.1. The molecule has 12 nitrogen and oxygen atoms in total. The number of phenols is 1. The molecule has 1 aromatic rings. The van der Waals surface area contributed by atoms with Gasteiger partial charge in [0.25, 0.3) is 0 Å². The standard InChI is InChI=1S/C21H30N4O8S2/c1-35-7-6-14(23-20(31)15(9-17(27)28)24-18(29)13(22)10-34)19(30)25-16(21(32)33)8-11-2-4-12(26)5-3-11/h2-5,13-16,26,34H,6-10,22H2,1H3,(H,23,31)(H,24,29)(H,25,30)(H,27,28)(H,32,33). The van der Waals surface area contributed by atoms with Crippen molar-refractivity contribution in [2.75, 3.05) is 17.8 Å². The summed E-state index contributed by atoms with van der Waals surface area (Å²) in [7, 11) is 0. The van der Waals surface area contributed by atoms with Crippen LogP contribution >= 0.6 is 24.4 Å². The topological polar surface area (TPSA) is 208 Å². The highest BCUT2D eigenvalue weighted by Crippen LogP contribution is 2.12. The van der Waals surface area contributed by atoms with Gasteiger partial charge >= 0.3 is 11.9 Å². The van der Waals surface area contributed by atoms with Crippen LogP contribution in [0.15, 0.2) is 24.3 Å². The van der Waals surface area contributed by atoms with Crippen molar-refractivity contribution < 1.29 is 39.3 Å². The van der Waals surface area contributed by atoms with Crippen LogP contribution in [0.25, 0.3) is 0 Å². The number of carboxylic acids is 2. The molecule has 4 atom stereocenters. The third-order valence-corrected chi connectivity index (χ3v) is 5.82. The number of hydrogen-bond acceptors (Lipinski definition) is 9. The number of carboxylic acid groups (broad SMARTS) is 2. The van der Waals surface area contributed by atoms with Crippen molar-refractivity contribution in [2.24, 2.45) is 5.73 Å². The fourth-order valence-corrected chi connectivity index (χ4v) is 3.50. The Morgan fingerprint density at radius 1 is 0.943 bits per heavy atom. The monoisotopic (exact) mass is 530 g/mol. The number of benzene rings is 1. The molecule has 0 spiro atoms. The van der Waals surface area contributed by atoms with Crippen molar-refractivity contribution in [3.8, 4) is 5.75 Å². The Bertz CT molecular complexity index is 900. The number of hydrogen-bond donors (Lipinski definition) is 8. The molecule has 0 fully saturated rings. The lowest BCUT2D eigenvalue weighted by atomic mass is 10.0. The maximum absolute atomic E-state index is 12.9. The first-order valence-corrected chi connectivity index (χ1v) is 12.5. The number of thioether (sulfide) groups is 1. The normalized spacial score (nSPS) is 14.1. The predicted molar refractivity (Wildman–Crippen MR) is 132 cm³/mol. The van der Waals surface area contributed by atoms with Crippen LogP contribution in [0.2, 0.25) is 0 Å². The van der Waals surface area contributed by atoms with Crippen LogP contribution in [0.5, 0.6) is 5.75 Å². The molecule has 1 aromatic carbocycles. The van der Waals surface area contributed by atoms with Crippen molar-refractivity contribution in [3.63, 3.8) is 0 Å². The van der Waals surface area contributed by atoms with Crippen molar-refractivity contribution in [3.05, 3.63) is 29.8 Å².